The molecule has 0 aliphatic heterocycles. The molecule has 0 saturated carbocycles. The summed E-state index contributed by atoms with van der Waals surface area (Å²) in [5.41, 5.74) is 0.878. The number of ether oxygens (including phenoxy) is 1. The van der Waals surface area contributed by atoms with E-state index in [4.69, 9.17) is 4.74 Å². The number of fused-ring (bicyclic) bond motifs is 1. The fraction of sp³-hybridized carbons (Fsp3) is 0.615. The van der Waals surface area contributed by atoms with Crippen molar-refractivity contribution in [2.45, 2.75) is 19.1 Å². The van der Waals surface area contributed by atoms with Crippen molar-refractivity contribution in [1.82, 2.24) is 19.7 Å². The van der Waals surface area contributed by atoms with Gasteiger partial charge in [-0.2, -0.15) is 16.9 Å². The first kappa shape index (κ1) is 15.1. The molecule has 0 aliphatic carbocycles. The maximum atomic E-state index is 5.04. The summed E-state index contributed by atoms with van der Waals surface area (Å²) in [5.74, 6) is 3.58. The number of aromatic nitrogens is 4. The number of hydrogen-bond acceptors (Lipinski definition) is 6. The van der Waals surface area contributed by atoms with E-state index < -0.39 is 0 Å². The van der Waals surface area contributed by atoms with E-state index in [0.717, 1.165) is 53.8 Å². The van der Waals surface area contributed by atoms with Gasteiger partial charge in [0, 0.05) is 27.3 Å². The predicted molar refractivity (Wildman–Crippen MR) is 83.1 cm³/mol. The van der Waals surface area contributed by atoms with E-state index in [9.17, 15) is 0 Å². The van der Waals surface area contributed by atoms with E-state index in [0.29, 0.717) is 0 Å². The number of nitrogens with zero attached hydrogens (tertiary/aromatic N) is 4. The molecular formula is C13H21N5OS. The largest absolute Gasteiger partial charge is 0.385 e. The molecular weight excluding hydrogens is 274 g/mol. The van der Waals surface area contributed by atoms with Crippen molar-refractivity contribution < 1.29 is 4.74 Å². The van der Waals surface area contributed by atoms with Crippen LogP contribution >= 0.6 is 11.8 Å². The minimum atomic E-state index is 0.803. The molecule has 6 nitrogen and oxygen atoms in total. The van der Waals surface area contributed by atoms with E-state index in [2.05, 4.69) is 27.3 Å². The van der Waals surface area contributed by atoms with Crippen molar-refractivity contribution in [1.29, 1.82) is 0 Å². The second-order valence-electron chi connectivity index (χ2n) is 4.42. The summed E-state index contributed by atoms with van der Waals surface area (Å²) in [6.45, 7) is 3.70. The Kier molecular flexibility index (Phi) is 5.60. The summed E-state index contributed by atoms with van der Waals surface area (Å²) in [5, 5.41) is 8.51. The monoisotopic (exact) mass is 295 g/mol. The van der Waals surface area contributed by atoms with Gasteiger partial charge in [0.25, 0.3) is 0 Å². The molecule has 7 heteroatoms. The van der Waals surface area contributed by atoms with Crippen LogP contribution in [0.3, 0.4) is 0 Å². The molecule has 0 amide bonds. The molecule has 2 rings (SSSR count). The molecule has 0 fully saturated rings. The zero-order chi connectivity index (χ0) is 14.4. The summed E-state index contributed by atoms with van der Waals surface area (Å²) in [7, 11) is 3.63. The number of hydrogen-bond donors (Lipinski definition) is 1. The van der Waals surface area contributed by atoms with E-state index >= 15 is 0 Å². The molecule has 0 bridgehead atoms. The van der Waals surface area contributed by atoms with E-state index in [1.54, 1.807) is 11.8 Å². The van der Waals surface area contributed by atoms with Crippen LogP contribution in [0.15, 0.2) is 6.20 Å². The molecule has 0 radical (unpaired) electrons. The van der Waals surface area contributed by atoms with E-state index in [-0.39, 0.29) is 0 Å². The first-order chi connectivity index (χ1) is 9.76. The maximum absolute atomic E-state index is 5.04. The minimum absolute atomic E-state index is 0.803. The Morgan fingerprint density at radius 3 is 3.00 bits per heavy atom. The molecule has 0 aromatic carbocycles. The Morgan fingerprint density at radius 1 is 1.40 bits per heavy atom. The lowest BCUT2D eigenvalue weighted by molar-refractivity contribution is 0.200. The van der Waals surface area contributed by atoms with Gasteiger partial charge in [-0.3, -0.25) is 4.68 Å². The number of rotatable bonds is 8. The Labute approximate surface area is 123 Å². The quantitative estimate of drug-likeness (QED) is 0.752. The predicted octanol–water partition coefficient (Wildman–Crippen LogP) is 2.06. The third kappa shape index (κ3) is 3.61. The Morgan fingerprint density at radius 2 is 2.25 bits per heavy atom. The van der Waals surface area contributed by atoms with E-state index in [1.165, 1.54) is 0 Å². The minimum Gasteiger partial charge on any atom is -0.385 e. The summed E-state index contributed by atoms with van der Waals surface area (Å²) >= 11 is 1.83. The van der Waals surface area contributed by atoms with Gasteiger partial charge in [0.15, 0.2) is 5.65 Å². The van der Waals surface area contributed by atoms with Gasteiger partial charge < -0.3 is 10.1 Å². The molecule has 0 atom stereocenters. The number of nitrogens with one attached hydrogen (secondary N) is 1. The highest BCUT2D eigenvalue weighted by Gasteiger charge is 2.10. The highest BCUT2D eigenvalue weighted by atomic mass is 32.2. The molecule has 0 saturated heterocycles. The van der Waals surface area contributed by atoms with E-state index in [1.807, 2.05) is 25.0 Å². The molecule has 1 N–H and O–H groups in total. The molecule has 20 heavy (non-hydrogen) atoms. The second-order valence-corrected chi connectivity index (χ2v) is 5.53. The zero-order valence-corrected chi connectivity index (χ0v) is 13.0. The number of methoxy groups -OCH3 is 1. The Balaban J connectivity index is 2.10. The van der Waals surface area contributed by atoms with Gasteiger partial charge in [-0.1, -0.05) is 0 Å². The Hall–Kier alpha value is -1.34. The van der Waals surface area contributed by atoms with Crippen LogP contribution in [-0.2, 0) is 17.5 Å². The first-order valence-corrected chi connectivity index (χ1v) is 7.91. The highest BCUT2D eigenvalue weighted by molar-refractivity contribution is 7.98. The average Bonchev–Trinajstić information content (AvgIpc) is 2.81. The van der Waals surface area contributed by atoms with Crippen molar-refractivity contribution in [2.24, 2.45) is 7.05 Å². The number of anilines is 1. The van der Waals surface area contributed by atoms with Crippen LogP contribution in [-0.4, -0.2) is 45.8 Å². The van der Waals surface area contributed by atoms with Crippen LogP contribution in [0.4, 0.5) is 5.82 Å². The summed E-state index contributed by atoms with van der Waals surface area (Å²) in [4.78, 5) is 9.19. The zero-order valence-electron chi connectivity index (χ0n) is 12.2. The lowest BCUT2D eigenvalue weighted by Gasteiger charge is -2.07. The summed E-state index contributed by atoms with van der Waals surface area (Å²) < 4.78 is 6.83. The smallest absolute Gasteiger partial charge is 0.163 e. The fourth-order valence-corrected chi connectivity index (χ4v) is 2.68. The normalized spacial score (nSPS) is 11.2. The van der Waals surface area contributed by atoms with Crippen LogP contribution < -0.4 is 5.32 Å². The maximum Gasteiger partial charge on any atom is 0.163 e. The molecule has 110 valence electrons. The van der Waals surface area contributed by atoms with Gasteiger partial charge in [-0.15, -0.1) is 0 Å². The fourth-order valence-electron chi connectivity index (χ4n) is 1.90. The molecule has 2 heterocycles. The second kappa shape index (κ2) is 7.44. The van der Waals surface area contributed by atoms with Crippen LogP contribution in [0.2, 0.25) is 0 Å². The van der Waals surface area contributed by atoms with Gasteiger partial charge in [-0.05, 0) is 19.1 Å². The average molecular weight is 295 g/mol. The topological polar surface area (TPSA) is 64.9 Å². The van der Waals surface area contributed by atoms with Crippen LogP contribution in [0, 0.1) is 0 Å². The third-order valence-corrected chi connectivity index (χ3v) is 3.89. The van der Waals surface area contributed by atoms with Crippen molar-refractivity contribution in [3.05, 3.63) is 12.0 Å². The van der Waals surface area contributed by atoms with Gasteiger partial charge >= 0.3 is 0 Å². The summed E-state index contributed by atoms with van der Waals surface area (Å²) in [6.07, 6.45) is 2.86. The summed E-state index contributed by atoms with van der Waals surface area (Å²) in [6, 6.07) is 0. The van der Waals surface area contributed by atoms with Crippen LogP contribution in [0.1, 0.15) is 19.2 Å². The highest BCUT2D eigenvalue weighted by Crippen LogP contribution is 2.21. The first-order valence-electron chi connectivity index (χ1n) is 6.75. The van der Waals surface area contributed by atoms with Gasteiger partial charge in [0.05, 0.1) is 17.3 Å². The molecule has 2 aromatic rings. The number of aryl methyl sites for hydroxylation is 1. The lowest BCUT2D eigenvalue weighted by atomic mass is 10.4. The van der Waals surface area contributed by atoms with Gasteiger partial charge in [0.1, 0.15) is 11.6 Å². The van der Waals surface area contributed by atoms with Crippen LogP contribution in [0.5, 0.6) is 0 Å². The Bertz CT molecular complexity index is 557. The molecule has 0 unspecified atom stereocenters. The van der Waals surface area contributed by atoms with Crippen molar-refractivity contribution in [3.8, 4) is 0 Å². The third-order valence-electron chi connectivity index (χ3n) is 2.85. The van der Waals surface area contributed by atoms with Gasteiger partial charge in [-0.25, -0.2) is 9.97 Å². The molecule has 2 aromatic heterocycles. The molecule has 0 aliphatic rings. The van der Waals surface area contributed by atoms with Crippen LogP contribution in [0.25, 0.3) is 11.0 Å². The van der Waals surface area contributed by atoms with Crippen molar-refractivity contribution in [2.75, 3.05) is 31.3 Å². The molecule has 0 spiro atoms. The SMILES string of the molecule is CCNc1nc(CSCCCOC)nc2c1cnn2C. The standard InChI is InChI=1S/C13H21N5OS/c1-4-14-12-10-8-15-18(2)13(10)17-11(16-12)9-20-7-5-6-19-3/h8H,4-7,9H2,1-3H3,(H,14,16,17). The number of thioether (sulfide) groups is 1. The van der Waals surface area contributed by atoms with Crippen molar-refractivity contribution in [3.63, 3.8) is 0 Å². The lowest BCUT2D eigenvalue weighted by Crippen LogP contribution is -2.05. The van der Waals surface area contributed by atoms with Gasteiger partial charge in [0.2, 0.25) is 0 Å². The van der Waals surface area contributed by atoms with Crippen molar-refractivity contribution >= 4 is 28.6 Å².